The van der Waals surface area contributed by atoms with Crippen molar-refractivity contribution in [3.63, 3.8) is 0 Å². The van der Waals surface area contributed by atoms with Gasteiger partial charge in [-0.25, -0.2) is 9.69 Å². The van der Waals surface area contributed by atoms with Crippen molar-refractivity contribution < 1.29 is 22.8 Å². The zero-order chi connectivity index (χ0) is 13.3. The maximum atomic E-state index is 12.8. The zero-order valence-electron chi connectivity index (χ0n) is 9.12. The summed E-state index contributed by atoms with van der Waals surface area (Å²) in [6.45, 7) is 0.141. The predicted octanol–water partition coefficient (Wildman–Crippen LogP) is 2.15. The molecule has 1 aliphatic rings. The highest BCUT2D eigenvalue weighted by Gasteiger charge is 2.38. The number of hydrogen-bond acceptors (Lipinski definition) is 2. The lowest BCUT2D eigenvalue weighted by Gasteiger charge is -2.27. The smallest absolute Gasteiger partial charge is 0.337 e. The Morgan fingerprint density at radius 3 is 2.44 bits per heavy atom. The van der Waals surface area contributed by atoms with Crippen LogP contribution in [0.2, 0.25) is 0 Å². The molecule has 0 radical (unpaired) electrons. The van der Waals surface area contributed by atoms with Gasteiger partial charge in [0.05, 0.1) is 11.3 Å². The molecule has 3 amide bonds. The molecule has 1 fully saturated rings. The predicted molar refractivity (Wildman–Crippen MR) is 56.9 cm³/mol. The second-order valence-electron chi connectivity index (χ2n) is 3.73. The first-order valence-corrected chi connectivity index (χ1v) is 5.18. The number of anilines is 1. The third-order valence-corrected chi connectivity index (χ3v) is 2.52. The molecule has 0 spiro atoms. The molecule has 0 unspecified atom stereocenters. The Morgan fingerprint density at radius 2 is 1.83 bits per heavy atom. The van der Waals surface area contributed by atoms with E-state index >= 15 is 0 Å². The van der Waals surface area contributed by atoms with Crippen LogP contribution in [0, 0.1) is 0 Å². The average molecular weight is 258 g/mol. The Bertz CT molecular complexity index is 483. The minimum atomic E-state index is -4.62. The van der Waals surface area contributed by atoms with Crippen LogP contribution in [0.15, 0.2) is 24.3 Å². The van der Waals surface area contributed by atoms with Crippen LogP contribution >= 0.6 is 0 Å². The number of urea groups is 1. The molecule has 7 heteroatoms. The minimum Gasteiger partial charge on any atom is -0.337 e. The average Bonchev–Trinajstić information content (AvgIpc) is 2.28. The molecule has 1 N–H and O–H groups in total. The molecule has 0 saturated carbocycles. The van der Waals surface area contributed by atoms with Crippen LogP contribution in [0.5, 0.6) is 0 Å². The number of imide groups is 1. The Balaban J connectivity index is 2.50. The highest BCUT2D eigenvalue weighted by molar-refractivity contribution is 6.16. The highest BCUT2D eigenvalue weighted by Crippen LogP contribution is 2.36. The second kappa shape index (κ2) is 4.32. The number of carbonyl (C=O) groups excluding carboxylic acids is 2. The molecule has 1 saturated heterocycles. The van der Waals surface area contributed by atoms with Crippen molar-refractivity contribution >= 4 is 17.6 Å². The number of alkyl halides is 3. The molecule has 1 aromatic rings. The SMILES string of the molecule is O=C1CCNC(=O)N1c1ccccc1C(F)(F)F. The minimum absolute atomic E-state index is 0.0159. The summed E-state index contributed by atoms with van der Waals surface area (Å²) in [6, 6.07) is 3.66. The van der Waals surface area contributed by atoms with Gasteiger partial charge in [0.1, 0.15) is 0 Å². The first-order chi connectivity index (χ1) is 8.41. The molecule has 1 aliphatic heterocycles. The Morgan fingerprint density at radius 1 is 1.17 bits per heavy atom. The molecule has 0 bridgehead atoms. The quantitative estimate of drug-likeness (QED) is 0.839. The van der Waals surface area contributed by atoms with E-state index in [9.17, 15) is 22.8 Å². The van der Waals surface area contributed by atoms with Crippen molar-refractivity contribution in [2.45, 2.75) is 12.6 Å². The summed E-state index contributed by atoms with van der Waals surface area (Å²) in [6.07, 6.45) is -4.63. The van der Waals surface area contributed by atoms with Crippen molar-refractivity contribution in [3.05, 3.63) is 29.8 Å². The molecule has 96 valence electrons. The molecular formula is C11H9F3N2O2. The van der Waals surface area contributed by atoms with Crippen molar-refractivity contribution in [3.8, 4) is 0 Å². The summed E-state index contributed by atoms with van der Waals surface area (Å²) in [5, 5.41) is 2.34. The van der Waals surface area contributed by atoms with E-state index in [2.05, 4.69) is 5.32 Å². The van der Waals surface area contributed by atoms with E-state index in [1.807, 2.05) is 0 Å². The van der Waals surface area contributed by atoms with Gasteiger partial charge in [-0.05, 0) is 12.1 Å². The van der Waals surface area contributed by atoms with Crippen molar-refractivity contribution in [2.24, 2.45) is 0 Å². The Kier molecular flexibility index (Phi) is 2.98. The third-order valence-electron chi connectivity index (χ3n) is 2.52. The monoisotopic (exact) mass is 258 g/mol. The number of hydrogen-bond donors (Lipinski definition) is 1. The van der Waals surface area contributed by atoms with Gasteiger partial charge in [0.25, 0.3) is 0 Å². The number of nitrogens with one attached hydrogen (secondary N) is 1. The standard InChI is InChI=1S/C11H9F3N2O2/c12-11(13,14)7-3-1-2-4-8(7)16-9(17)5-6-15-10(16)18/h1-4H,5-6H2,(H,15,18). The van der Waals surface area contributed by atoms with Gasteiger partial charge < -0.3 is 5.32 Å². The number of halogens is 3. The highest BCUT2D eigenvalue weighted by atomic mass is 19.4. The van der Waals surface area contributed by atoms with E-state index in [4.69, 9.17) is 0 Å². The molecule has 18 heavy (non-hydrogen) atoms. The maximum absolute atomic E-state index is 12.8. The van der Waals surface area contributed by atoms with Crippen LogP contribution in [0.4, 0.5) is 23.7 Å². The fourth-order valence-electron chi connectivity index (χ4n) is 1.73. The molecule has 0 atom stereocenters. The number of para-hydroxylation sites is 1. The van der Waals surface area contributed by atoms with Gasteiger partial charge in [0.15, 0.2) is 0 Å². The molecule has 1 heterocycles. The summed E-state index contributed by atoms with van der Waals surface area (Å²) < 4.78 is 38.4. The number of rotatable bonds is 1. The Hall–Kier alpha value is -2.05. The van der Waals surface area contributed by atoms with Crippen LogP contribution in [-0.4, -0.2) is 18.5 Å². The van der Waals surface area contributed by atoms with Crippen molar-refractivity contribution in [1.82, 2.24) is 5.32 Å². The number of benzene rings is 1. The molecule has 2 rings (SSSR count). The van der Waals surface area contributed by atoms with Gasteiger partial charge in [-0.1, -0.05) is 12.1 Å². The van der Waals surface area contributed by atoms with Crippen molar-refractivity contribution in [1.29, 1.82) is 0 Å². The molecule has 1 aromatic carbocycles. The van der Waals surface area contributed by atoms with Crippen LogP contribution in [0.1, 0.15) is 12.0 Å². The molecule has 0 aromatic heterocycles. The van der Waals surface area contributed by atoms with Gasteiger partial charge in [0.2, 0.25) is 5.91 Å². The van der Waals surface area contributed by atoms with E-state index < -0.39 is 29.4 Å². The first-order valence-electron chi connectivity index (χ1n) is 5.18. The topological polar surface area (TPSA) is 49.4 Å². The van der Waals surface area contributed by atoms with Crippen LogP contribution in [0.3, 0.4) is 0 Å². The van der Waals surface area contributed by atoms with E-state index in [1.54, 1.807) is 0 Å². The first kappa shape index (κ1) is 12.4. The van der Waals surface area contributed by atoms with E-state index in [-0.39, 0.29) is 13.0 Å². The van der Waals surface area contributed by atoms with Crippen LogP contribution in [-0.2, 0) is 11.0 Å². The third kappa shape index (κ3) is 2.15. The van der Waals surface area contributed by atoms with Gasteiger partial charge in [-0.3, -0.25) is 4.79 Å². The van der Waals surface area contributed by atoms with Gasteiger partial charge in [-0.15, -0.1) is 0 Å². The van der Waals surface area contributed by atoms with Crippen LogP contribution in [0.25, 0.3) is 0 Å². The lowest BCUT2D eigenvalue weighted by molar-refractivity contribution is -0.137. The molecule has 4 nitrogen and oxygen atoms in total. The van der Waals surface area contributed by atoms with Gasteiger partial charge in [-0.2, -0.15) is 13.2 Å². The van der Waals surface area contributed by atoms with Crippen molar-refractivity contribution in [2.75, 3.05) is 11.4 Å². The summed E-state index contributed by atoms with van der Waals surface area (Å²) >= 11 is 0. The molecular weight excluding hydrogens is 249 g/mol. The normalized spacial score (nSPS) is 16.7. The van der Waals surface area contributed by atoms with E-state index in [0.29, 0.717) is 4.90 Å². The summed E-state index contributed by atoms with van der Waals surface area (Å²) in [5.41, 5.74) is -1.44. The van der Waals surface area contributed by atoms with E-state index in [0.717, 1.165) is 12.1 Å². The summed E-state index contributed by atoms with van der Waals surface area (Å²) in [7, 11) is 0. The fourth-order valence-corrected chi connectivity index (χ4v) is 1.73. The van der Waals surface area contributed by atoms with Gasteiger partial charge >= 0.3 is 12.2 Å². The second-order valence-corrected chi connectivity index (χ2v) is 3.73. The van der Waals surface area contributed by atoms with E-state index in [1.165, 1.54) is 12.1 Å². The Labute approximate surface area is 100 Å². The lowest BCUT2D eigenvalue weighted by atomic mass is 10.1. The largest absolute Gasteiger partial charge is 0.418 e. The summed E-state index contributed by atoms with van der Waals surface area (Å²) in [5.74, 6) is -0.643. The number of amides is 3. The number of nitrogens with zero attached hydrogens (tertiary/aromatic N) is 1. The van der Waals surface area contributed by atoms with Gasteiger partial charge in [0, 0.05) is 13.0 Å². The fraction of sp³-hybridized carbons (Fsp3) is 0.273. The van der Waals surface area contributed by atoms with Crippen LogP contribution < -0.4 is 10.2 Å². The summed E-state index contributed by atoms with van der Waals surface area (Å²) in [4.78, 5) is 23.6. The lowest BCUT2D eigenvalue weighted by Crippen LogP contribution is -2.50. The molecule has 0 aliphatic carbocycles. The maximum Gasteiger partial charge on any atom is 0.418 e. The zero-order valence-corrected chi connectivity index (χ0v) is 9.12. The number of carbonyl (C=O) groups is 2.